The minimum Gasteiger partial charge on any atom is -0.308 e. The van der Waals surface area contributed by atoms with Crippen LogP contribution in [0, 0.1) is 6.92 Å². The van der Waals surface area contributed by atoms with Crippen molar-refractivity contribution in [3.63, 3.8) is 0 Å². The van der Waals surface area contributed by atoms with Crippen molar-refractivity contribution in [1.82, 2.24) is 4.57 Å². The zero-order chi connectivity index (χ0) is 32.1. The highest BCUT2D eigenvalue weighted by Crippen LogP contribution is 2.65. The summed E-state index contributed by atoms with van der Waals surface area (Å²) < 4.78 is 3.42. The Balaban J connectivity index is 1.49. The Labute approximate surface area is 292 Å². The highest BCUT2D eigenvalue weighted by Gasteiger charge is 2.52. The van der Waals surface area contributed by atoms with Crippen LogP contribution in [0.2, 0.25) is 5.02 Å². The molecule has 1 aliphatic heterocycles. The minimum absolute atomic E-state index is 0.547. The Morgan fingerprint density at radius 1 is 0.542 bits per heavy atom. The molecule has 0 radical (unpaired) electrons. The number of anilines is 3. The normalized spacial score (nSPS) is 13.9. The lowest BCUT2D eigenvalue weighted by Crippen LogP contribution is -2.36. The summed E-state index contributed by atoms with van der Waals surface area (Å²) in [6.07, 6.45) is 0. The summed E-state index contributed by atoms with van der Waals surface area (Å²) in [5.74, 6) is 0. The van der Waals surface area contributed by atoms with Gasteiger partial charge in [-0.1, -0.05) is 137 Å². The van der Waals surface area contributed by atoms with Crippen LogP contribution >= 0.6 is 27.5 Å². The Morgan fingerprint density at radius 2 is 1.19 bits per heavy atom. The first-order chi connectivity index (χ1) is 23.6. The SMILES string of the molecule is Cc1cccc(N2c3cc(Br)ccc3C3(c4ccccc4-c4ccccc43)c3ccc4c5cccc(Cl)c5n(-c5ccccc5)c4c32)c1. The van der Waals surface area contributed by atoms with Gasteiger partial charge < -0.3 is 9.47 Å². The van der Waals surface area contributed by atoms with E-state index in [0.717, 1.165) is 48.7 Å². The number of para-hydroxylation sites is 2. The third-order valence-electron chi connectivity index (χ3n) is 10.3. The average Bonchev–Trinajstić information content (AvgIpc) is 3.61. The molecule has 0 bridgehead atoms. The maximum atomic E-state index is 7.16. The number of aryl methyl sites for hydroxylation is 1. The van der Waals surface area contributed by atoms with Crippen molar-refractivity contribution < 1.29 is 0 Å². The van der Waals surface area contributed by atoms with Gasteiger partial charge >= 0.3 is 0 Å². The molecule has 8 aromatic rings. The van der Waals surface area contributed by atoms with E-state index in [2.05, 4.69) is 178 Å². The summed E-state index contributed by atoms with van der Waals surface area (Å²) in [4.78, 5) is 2.49. The first-order valence-corrected chi connectivity index (χ1v) is 17.4. The summed E-state index contributed by atoms with van der Waals surface area (Å²) in [5.41, 5.74) is 15.0. The van der Waals surface area contributed by atoms with Crippen LogP contribution in [-0.4, -0.2) is 4.57 Å². The van der Waals surface area contributed by atoms with E-state index in [9.17, 15) is 0 Å². The minimum atomic E-state index is -0.547. The van der Waals surface area contributed by atoms with E-state index < -0.39 is 5.41 Å². The topological polar surface area (TPSA) is 8.17 Å². The van der Waals surface area contributed by atoms with Crippen molar-refractivity contribution in [1.29, 1.82) is 0 Å². The van der Waals surface area contributed by atoms with Crippen molar-refractivity contribution >= 4 is 66.4 Å². The van der Waals surface area contributed by atoms with Crippen LogP contribution in [0.1, 0.15) is 27.8 Å². The summed E-state index contributed by atoms with van der Waals surface area (Å²) in [6.45, 7) is 2.17. The fourth-order valence-corrected chi connectivity index (χ4v) is 9.19. The molecule has 2 nitrogen and oxygen atoms in total. The second-order valence-electron chi connectivity index (χ2n) is 12.8. The predicted octanol–water partition coefficient (Wildman–Crippen LogP) is 12.7. The van der Waals surface area contributed by atoms with Gasteiger partial charge in [0.2, 0.25) is 0 Å². The van der Waals surface area contributed by atoms with Crippen LogP contribution in [0.15, 0.2) is 156 Å². The smallest absolute Gasteiger partial charge is 0.0786 e. The van der Waals surface area contributed by atoms with Crippen LogP contribution in [0.4, 0.5) is 17.1 Å². The molecular formula is C44H28BrClN2. The molecule has 48 heavy (non-hydrogen) atoms. The third-order valence-corrected chi connectivity index (χ3v) is 11.1. The number of aromatic nitrogens is 1. The van der Waals surface area contributed by atoms with Crippen LogP contribution in [0.3, 0.4) is 0 Å². The van der Waals surface area contributed by atoms with E-state index in [4.69, 9.17) is 11.6 Å². The third kappa shape index (κ3) is 3.58. The highest BCUT2D eigenvalue weighted by molar-refractivity contribution is 9.10. The Morgan fingerprint density at radius 3 is 1.94 bits per heavy atom. The number of rotatable bonds is 2. The molecule has 4 heteroatoms. The zero-order valence-electron chi connectivity index (χ0n) is 26.1. The van der Waals surface area contributed by atoms with Crippen LogP contribution in [0.25, 0.3) is 38.6 Å². The van der Waals surface area contributed by atoms with E-state index in [-0.39, 0.29) is 0 Å². The molecule has 2 aliphatic rings. The Kier molecular flexibility index (Phi) is 5.95. The van der Waals surface area contributed by atoms with Crippen molar-refractivity contribution in [2.45, 2.75) is 12.3 Å². The number of hydrogen-bond donors (Lipinski definition) is 0. The molecule has 0 N–H and O–H groups in total. The number of halogens is 2. The van der Waals surface area contributed by atoms with Crippen LogP contribution < -0.4 is 4.90 Å². The van der Waals surface area contributed by atoms with Crippen molar-refractivity contribution in [3.8, 4) is 16.8 Å². The van der Waals surface area contributed by atoms with Gasteiger partial charge in [-0.2, -0.15) is 0 Å². The van der Waals surface area contributed by atoms with Crippen LogP contribution in [-0.2, 0) is 5.41 Å². The lowest BCUT2D eigenvalue weighted by atomic mass is 9.64. The van der Waals surface area contributed by atoms with E-state index in [0.29, 0.717) is 0 Å². The monoisotopic (exact) mass is 698 g/mol. The predicted molar refractivity (Wildman–Crippen MR) is 204 cm³/mol. The molecule has 7 aromatic carbocycles. The van der Waals surface area contributed by atoms with Gasteiger partial charge in [-0.25, -0.2) is 0 Å². The molecular weight excluding hydrogens is 672 g/mol. The second kappa shape index (κ2) is 10.2. The van der Waals surface area contributed by atoms with Crippen molar-refractivity contribution in [2.24, 2.45) is 0 Å². The second-order valence-corrected chi connectivity index (χ2v) is 14.2. The molecule has 0 unspecified atom stereocenters. The lowest BCUT2D eigenvalue weighted by Gasteiger charge is -2.45. The molecule has 0 fully saturated rings. The van der Waals surface area contributed by atoms with Crippen LogP contribution in [0.5, 0.6) is 0 Å². The van der Waals surface area contributed by atoms with Gasteiger partial charge in [0.1, 0.15) is 0 Å². The quantitative estimate of drug-likeness (QED) is 0.174. The summed E-state index contributed by atoms with van der Waals surface area (Å²) >= 11 is 11.1. The van der Waals surface area contributed by atoms with Gasteiger partial charge in [-0.05, 0) is 88.3 Å². The molecule has 0 saturated heterocycles. The van der Waals surface area contributed by atoms with E-state index in [1.54, 1.807) is 0 Å². The first kappa shape index (κ1) is 28.0. The number of benzene rings is 7. The number of nitrogens with zero attached hydrogens (tertiary/aromatic N) is 2. The molecule has 0 amide bonds. The Bertz CT molecular complexity index is 2570. The molecule has 2 heterocycles. The molecule has 10 rings (SSSR count). The number of hydrogen-bond acceptors (Lipinski definition) is 1. The molecule has 228 valence electrons. The van der Waals surface area contributed by atoms with Gasteiger partial charge in [-0.3, -0.25) is 0 Å². The molecule has 0 saturated carbocycles. The molecule has 0 atom stereocenters. The summed E-state index contributed by atoms with van der Waals surface area (Å²) in [7, 11) is 0. The van der Waals surface area contributed by atoms with Crippen molar-refractivity contribution in [2.75, 3.05) is 4.90 Å². The van der Waals surface area contributed by atoms with Crippen molar-refractivity contribution in [3.05, 3.63) is 189 Å². The van der Waals surface area contributed by atoms with Gasteiger partial charge in [0.05, 0.1) is 32.8 Å². The maximum absolute atomic E-state index is 7.16. The summed E-state index contributed by atoms with van der Waals surface area (Å²) in [5, 5.41) is 3.03. The fourth-order valence-electron chi connectivity index (χ4n) is 8.58. The maximum Gasteiger partial charge on any atom is 0.0786 e. The lowest BCUT2D eigenvalue weighted by molar-refractivity contribution is 0.753. The van der Waals surface area contributed by atoms with Gasteiger partial charge in [0.25, 0.3) is 0 Å². The zero-order valence-corrected chi connectivity index (χ0v) is 28.4. The van der Waals surface area contributed by atoms with Gasteiger partial charge in [-0.15, -0.1) is 0 Å². The average molecular weight is 700 g/mol. The van der Waals surface area contributed by atoms with E-state index in [1.165, 1.54) is 44.3 Å². The molecule has 1 aromatic heterocycles. The fraction of sp³-hybridized carbons (Fsp3) is 0.0455. The number of fused-ring (bicyclic) bond motifs is 13. The van der Waals surface area contributed by atoms with E-state index in [1.807, 2.05) is 6.07 Å². The van der Waals surface area contributed by atoms with E-state index >= 15 is 0 Å². The molecule has 1 aliphatic carbocycles. The Hall–Kier alpha value is -5.09. The first-order valence-electron chi connectivity index (χ1n) is 16.2. The molecule has 1 spiro atoms. The highest BCUT2D eigenvalue weighted by atomic mass is 79.9. The standard InChI is InChI=1S/C44H28BrClN2/c1-27-11-9-14-30(25-27)47-40-26-28(45)21-23-37(40)44(35-18-7-5-15-31(35)32-16-6-8-19-36(32)44)38-24-22-34-33-17-10-20-39(46)41(33)48(42(34)43(38)47)29-12-3-2-4-13-29/h2-26H,1H3. The van der Waals surface area contributed by atoms with Gasteiger partial charge in [0.15, 0.2) is 0 Å². The largest absolute Gasteiger partial charge is 0.308 e. The summed E-state index contributed by atoms with van der Waals surface area (Å²) in [6, 6.07) is 55.3. The van der Waals surface area contributed by atoms with Gasteiger partial charge in [0, 0.05) is 26.6 Å².